The van der Waals surface area contributed by atoms with E-state index in [0.29, 0.717) is 5.95 Å². The third-order valence-electron chi connectivity index (χ3n) is 5.97. The minimum atomic E-state index is 0.102. The first-order valence-corrected chi connectivity index (χ1v) is 11.5. The van der Waals surface area contributed by atoms with Gasteiger partial charge in [0.1, 0.15) is 11.3 Å². The van der Waals surface area contributed by atoms with Gasteiger partial charge in [-0.25, -0.2) is 4.98 Å². The molecule has 10 nitrogen and oxygen atoms in total. The number of ether oxygens (including phenoxy) is 3. The number of aromatic nitrogens is 5. The Hall–Kier alpha value is -2.98. The molecule has 2 aliphatic rings. The summed E-state index contributed by atoms with van der Waals surface area (Å²) >= 11 is 5.95. The molecule has 3 heterocycles. The van der Waals surface area contributed by atoms with Crippen molar-refractivity contribution in [3.63, 3.8) is 0 Å². The van der Waals surface area contributed by atoms with Crippen molar-refractivity contribution >= 4 is 34.3 Å². The quantitative estimate of drug-likeness (QED) is 0.576. The molecule has 0 bridgehead atoms. The highest BCUT2D eigenvalue weighted by atomic mass is 35.5. The van der Waals surface area contributed by atoms with Gasteiger partial charge in [-0.05, 0) is 43.4 Å². The summed E-state index contributed by atoms with van der Waals surface area (Å²) in [5, 5.41) is 3.45. The van der Waals surface area contributed by atoms with E-state index in [0.717, 1.165) is 74.5 Å². The van der Waals surface area contributed by atoms with Gasteiger partial charge in [0.25, 0.3) is 0 Å². The van der Waals surface area contributed by atoms with Gasteiger partial charge in [-0.1, -0.05) is 0 Å². The minimum Gasteiger partial charge on any atom is -0.488 e. The van der Waals surface area contributed by atoms with Gasteiger partial charge in [0, 0.05) is 43.3 Å². The van der Waals surface area contributed by atoms with Gasteiger partial charge in [-0.3, -0.25) is 4.98 Å². The fraction of sp³-hybridized carbons (Fsp3) is 0.500. The molecular weight excluding hydrogens is 446 g/mol. The van der Waals surface area contributed by atoms with Crippen LogP contribution in [0.3, 0.4) is 0 Å². The number of morpholine rings is 1. The second kappa shape index (κ2) is 9.88. The summed E-state index contributed by atoms with van der Waals surface area (Å²) in [6, 6.07) is 4.59. The van der Waals surface area contributed by atoms with Crippen LogP contribution in [0, 0.1) is 0 Å². The number of hydrogen-bond donors (Lipinski definition) is 1. The number of methoxy groups -OCH3 is 1. The zero-order valence-corrected chi connectivity index (χ0v) is 19.2. The number of rotatable bonds is 6. The number of halogens is 1. The van der Waals surface area contributed by atoms with Crippen LogP contribution >= 0.6 is 11.6 Å². The van der Waals surface area contributed by atoms with E-state index in [4.69, 9.17) is 25.8 Å². The summed E-state index contributed by atoms with van der Waals surface area (Å²) in [4.78, 5) is 23.6. The first kappa shape index (κ1) is 21.8. The van der Waals surface area contributed by atoms with Gasteiger partial charge in [0.05, 0.1) is 31.9 Å². The van der Waals surface area contributed by atoms with Crippen LogP contribution in [0.5, 0.6) is 11.8 Å². The van der Waals surface area contributed by atoms with E-state index >= 15 is 0 Å². The molecule has 2 aromatic heterocycles. The smallest absolute Gasteiger partial charge is 0.322 e. The van der Waals surface area contributed by atoms with Crippen LogP contribution in [0.4, 0.5) is 11.6 Å². The molecule has 3 aromatic rings. The Labute approximate surface area is 196 Å². The van der Waals surface area contributed by atoms with Crippen molar-refractivity contribution in [1.29, 1.82) is 0 Å². The Morgan fingerprint density at radius 2 is 1.82 bits per heavy atom. The molecule has 1 saturated carbocycles. The highest BCUT2D eigenvalue weighted by Crippen LogP contribution is 2.33. The summed E-state index contributed by atoms with van der Waals surface area (Å²) < 4.78 is 17.1. The number of fused-ring (bicyclic) bond motifs is 1. The highest BCUT2D eigenvalue weighted by molar-refractivity contribution is 6.28. The Morgan fingerprint density at radius 1 is 1.03 bits per heavy atom. The Kier molecular flexibility index (Phi) is 6.54. The molecule has 1 aromatic carbocycles. The molecule has 0 spiro atoms. The van der Waals surface area contributed by atoms with Crippen molar-refractivity contribution in [3.8, 4) is 11.8 Å². The van der Waals surface area contributed by atoms with Crippen molar-refractivity contribution in [1.82, 2.24) is 24.9 Å². The van der Waals surface area contributed by atoms with Crippen molar-refractivity contribution < 1.29 is 14.2 Å². The maximum absolute atomic E-state index is 6.48. The first-order chi connectivity index (χ1) is 16.2. The van der Waals surface area contributed by atoms with Crippen LogP contribution in [-0.4, -0.2) is 70.5 Å². The highest BCUT2D eigenvalue weighted by Gasteiger charge is 2.25. The van der Waals surface area contributed by atoms with Crippen LogP contribution in [0.1, 0.15) is 25.7 Å². The predicted octanol–water partition coefficient (Wildman–Crippen LogP) is 3.12. The van der Waals surface area contributed by atoms with Gasteiger partial charge in [-0.15, -0.1) is 0 Å². The molecule has 1 saturated heterocycles. The monoisotopic (exact) mass is 471 g/mol. The van der Waals surface area contributed by atoms with Crippen LogP contribution in [0.2, 0.25) is 5.28 Å². The lowest BCUT2D eigenvalue weighted by Gasteiger charge is -2.31. The van der Waals surface area contributed by atoms with E-state index < -0.39 is 0 Å². The molecule has 1 aliphatic heterocycles. The second-order valence-corrected chi connectivity index (χ2v) is 8.46. The fourth-order valence-electron chi connectivity index (χ4n) is 4.30. The van der Waals surface area contributed by atoms with Crippen molar-refractivity contribution in [2.75, 3.05) is 43.6 Å². The average Bonchev–Trinajstić information content (AvgIpc) is 2.85. The number of anilines is 2. The lowest BCUT2D eigenvalue weighted by molar-refractivity contribution is 0.122. The first-order valence-electron chi connectivity index (χ1n) is 11.1. The molecule has 1 N–H and O–H groups in total. The van der Waals surface area contributed by atoms with E-state index in [1.54, 1.807) is 12.4 Å². The van der Waals surface area contributed by atoms with E-state index in [1.807, 2.05) is 0 Å². The van der Waals surface area contributed by atoms with Crippen LogP contribution in [-0.2, 0) is 4.74 Å². The summed E-state index contributed by atoms with van der Waals surface area (Å²) in [7, 11) is 1.50. The zero-order valence-electron chi connectivity index (χ0n) is 18.4. The number of benzene rings is 1. The average molecular weight is 472 g/mol. The van der Waals surface area contributed by atoms with Crippen molar-refractivity contribution in [3.05, 3.63) is 29.8 Å². The van der Waals surface area contributed by atoms with E-state index in [9.17, 15) is 0 Å². The minimum absolute atomic E-state index is 0.102. The van der Waals surface area contributed by atoms with Gasteiger partial charge in [0.2, 0.25) is 11.2 Å². The normalized spacial score (nSPS) is 21.1. The molecule has 33 heavy (non-hydrogen) atoms. The largest absolute Gasteiger partial charge is 0.488 e. The van der Waals surface area contributed by atoms with E-state index in [-0.39, 0.29) is 23.4 Å². The summed E-state index contributed by atoms with van der Waals surface area (Å²) in [5.41, 5.74) is 2.73. The maximum atomic E-state index is 6.48. The third kappa shape index (κ3) is 5.17. The molecule has 174 valence electrons. The van der Waals surface area contributed by atoms with Crippen LogP contribution in [0.25, 0.3) is 11.0 Å². The number of hydrogen-bond acceptors (Lipinski definition) is 10. The molecule has 0 unspecified atom stereocenters. The molecule has 2 fully saturated rings. The topological polar surface area (TPSA) is 107 Å². The Balaban J connectivity index is 1.26. The molecule has 11 heteroatoms. The van der Waals surface area contributed by atoms with Gasteiger partial charge < -0.3 is 24.4 Å². The molecule has 5 rings (SSSR count). The molecule has 1 aliphatic carbocycles. The van der Waals surface area contributed by atoms with Crippen molar-refractivity contribution in [2.24, 2.45) is 0 Å². The van der Waals surface area contributed by atoms with Crippen LogP contribution in [0.15, 0.2) is 24.5 Å². The third-order valence-corrected chi connectivity index (χ3v) is 6.14. The fourth-order valence-corrected chi connectivity index (χ4v) is 4.45. The van der Waals surface area contributed by atoms with Gasteiger partial charge in [-0.2, -0.15) is 15.0 Å². The van der Waals surface area contributed by atoms with Gasteiger partial charge >= 0.3 is 6.01 Å². The molecule has 0 radical (unpaired) electrons. The zero-order chi connectivity index (χ0) is 22.6. The van der Waals surface area contributed by atoms with E-state index in [1.165, 1.54) is 7.11 Å². The maximum Gasteiger partial charge on any atom is 0.322 e. The Bertz CT molecular complexity index is 1100. The van der Waals surface area contributed by atoms with Crippen molar-refractivity contribution in [2.45, 2.75) is 37.8 Å². The summed E-state index contributed by atoms with van der Waals surface area (Å²) in [5.74, 6) is 1.21. The number of nitrogens with zero attached hydrogens (tertiary/aromatic N) is 6. The standard InChI is InChI=1S/C22H26ClN7O3/c1-31-22-28-20(23)27-21(29-22)26-14-2-4-16(5-3-14)33-18-13-15(30-8-10-32-11-9-30)12-17-19(18)25-7-6-24-17/h6-7,12-14,16H,2-5,8-11H2,1H3,(H,26,27,28,29)/t14-,16+. The van der Waals surface area contributed by atoms with Crippen LogP contribution < -0.4 is 19.7 Å². The lowest BCUT2D eigenvalue weighted by Crippen LogP contribution is -2.36. The lowest BCUT2D eigenvalue weighted by atomic mass is 9.93. The molecule has 0 atom stereocenters. The Morgan fingerprint density at radius 3 is 2.61 bits per heavy atom. The molecule has 0 amide bonds. The SMILES string of the molecule is COc1nc(Cl)nc(N[C@H]2CC[C@@H](Oc3cc(N4CCOCC4)cc4nccnc34)CC2)n1. The predicted molar refractivity (Wildman–Crippen MR) is 124 cm³/mol. The summed E-state index contributed by atoms with van der Waals surface area (Å²) in [6.45, 7) is 3.16. The molecular formula is C22H26ClN7O3. The number of nitrogens with one attached hydrogen (secondary N) is 1. The summed E-state index contributed by atoms with van der Waals surface area (Å²) in [6.07, 6.45) is 7.16. The van der Waals surface area contributed by atoms with Gasteiger partial charge in [0.15, 0.2) is 0 Å². The second-order valence-electron chi connectivity index (χ2n) is 8.12. The van der Waals surface area contributed by atoms with E-state index in [2.05, 4.69) is 47.3 Å².